The van der Waals surface area contributed by atoms with Gasteiger partial charge in [0.15, 0.2) is 0 Å². The van der Waals surface area contributed by atoms with Crippen LogP contribution in [-0.2, 0) is 0 Å². The fourth-order valence-electron chi connectivity index (χ4n) is 1.78. The van der Waals surface area contributed by atoms with Crippen molar-refractivity contribution in [3.8, 4) is 0 Å². The Morgan fingerprint density at radius 2 is 1.95 bits per heavy atom. The molecule has 2 aromatic carbocycles. The maximum absolute atomic E-state index is 12.2. The Kier molecular flexibility index (Phi) is 4.15. The number of hydrogen-bond donors (Lipinski definition) is 2. The fourth-order valence-corrected chi connectivity index (χ4v) is 2.05. The van der Waals surface area contributed by atoms with E-state index in [-0.39, 0.29) is 5.91 Å². The molecule has 0 radical (unpaired) electrons. The number of carbonyl (C=O) groups is 1. The molecule has 3 N–H and O–H groups in total. The quantitative estimate of drug-likeness (QED) is 0.853. The van der Waals surface area contributed by atoms with E-state index in [9.17, 15) is 4.79 Å². The molecule has 0 aromatic heterocycles. The lowest BCUT2D eigenvalue weighted by Gasteiger charge is -2.14. The van der Waals surface area contributed by atoms with Gasteiger partial charge in [-0.15, -0.1) is 0 Å². The van der Waals surface area contributed by atoms with Gasteiger partial charge >= 0.3 is 0 Å². The number of nitrogens with one attached hydrogen (secondary N) is 1. The average Bonchev–Trinajstić information content (AvgIpc) is 2.38. The Bertz CT molecular complexity index is 641. The van der Waals surface area contributed by atoms with E-state index in [0.29, 0.717) is 22.0 Å². The van der Waals surface area contributed by atoms with Gasteiger partial charge in [-0.05, 0) is 36.4 Å². The highest BCUT2D eigenvalue weighted by atomic mass is 35.5. The minimum atomic E-state index is -0.258. The van der Waals surface area contributed by atoms with Crippen molar-refractivity contribution in [1.82, 2.24) is 0 Å². The van der Waals surface area contributed by atoms with Crippen LogP contribution in [0.5, 0.6) is 0 Å². The van der Waals surface area contributed by atoms with Crippen molar-refractivity contribution >= 4 is 34.6 Å². The maximum atomic E-state index is 12.2. The molecule has 0 saturated carbocycles. The molecule has 0 heterocycles. The van der Waals surface area contributed by atoms with Crippen LogP contribution in [0.2, 0.25) is 5.02 Å². The molecule has 0 aliphatic rings. The summed E-state index contributed by atoms with van der Waals surface area (Å²) in [7, 11) is 3.88. The summed E-state index contributed by atoms with van der Waals surface area (Å²) >= 11 is 6.02. The molecule has 0 aliphatic carbocycles. The van der Waals surface area contributed by atoms with Gasteiger partial charge < -0.3 is 16.0 Å². The van der Waals surface area contributed by atoms with E-state index in [4.69, 9.17) is 17.3 Å². The minimum absolute atomic E-state index is 0.258. The lowest BCUT2D eigenvalue weighted by atomic mass is 10.2. The molecule has 0 saturated heterocycles. The number of amides is 1. The maximum Gasteiger partial charge on any atom is 0.257 e. The van der Waals surface area contributed by atoms with Crippen molar-refractivity contribution < 1.29 is 4.79 Å². The summed E-state index contributed by atoms with van der Waals surface area (Å²) in [5, 5.41) is 3.16. The van der Waals surface area contributed by atoms with Gasteiger partial charge in [0.05, 0.1) is 10.6 Å². The van der Waals surface area contributed by atoms with Crippen LogP contribution in [0.25, 0.3) is 0 Å². The first-order valence-corrected chi connectivity index (χ1v) is 6.49. The summed E-state index contributed by atoms with van der Waals surface area (Å²) in [6, 6.07) is 12.4. The molecular formula is C15H16ClN3O. The molecular weight excluding hydrogens is 274 g/mol. The second-order valence-electron chi connectivity index (χ2n) is 4.64. The Morgan fingerprint density at radius 1 is 1.20 bits per heavy atom. The molecule has 5 heteroatoms. The molecule has 0 spiro atoms. The van der Waals surface area contributed by atoms with E-state index >= 15 is 0 Å². The highest BCUT2D eigenvalue weighted by Gasteiger charge is 2.11. The van der Waals surface area contributed by atoms with Crippen LogP contribution in [-0.4, -0.2) is 20.0 Å². The molecule has 0 bridgehead atoms. The topological polar surface area (TPSA) is 58.4 Å². The molecule has 0 atom stereocenters. The third-order valence-corrected chi connectivity index (χ3v) is 3.17. The van der Waals surface area contributed by atoms with E-state index in [1.165, 1.54) is 0 Å². The van der Waals surface area contributed by atoms with E-state index in [1.807, 2.05) is 43.3 Å². The van der Waals surface area contributed by atoms with Crippen molar-refractivity contribution in [1.29, 1.82) is 0 Å². The Labute approximate surface area is 123 Å². The summed E-state index contributed by atoms with van der Waals surface area (Å²) in [5.74, 6) is -0.258. The lowest BCUT2D eigenvalue weighted by Crippen LogP contribution is -2.14. The number of nitrogens with two attached hydrogens (primary N) is 1. The van der Waals surface area contributed by atoms with Crippen LogP contribution in [0.1, 0.15) is 10.4 Å². The third kappa shape index (κ3) is 3.22. The summed E-state index contributed by atoms with van der Waals surface area (Å²) in [6.45, 7) is 0. The first kappa shape index (κ1) is 14.2. The van der Waals surface area contributed by atoms with Crippen molar-refractivity contribution in [2.45, 2.75) is 0 Å². The third-order valence-electron chi connectivity index (χ3n) is 2.86. The number of carbonyl (C=O) groups excluding carboxylic acids is 1. The number of rotatable bonds is 3. The van der Waals surface area contributed by atoms with Gasteiger partial charge in [0.1, 0.15) is 0 Å². The molecule has 0 fully saturated rings. The first-order chi connectivity index (χ1) is 9.47. The van der Waals surface area contributed by atoms with Crippen LogP contribution in [0, 0.1) is 0 Å². The second kappa shape index (κ2) is 5.84. The van der Waals surface area contributed by atoms with Crippen molar-refractivity contribution in [2.75, 3.05) is 30.0 Å². The van der Waals surface area contributed by atoms with E-state index in [0.717, 1.165) is 5.69 Å². The van der Waals surface area contributed by atoms with Crippen LogP contribution < -0.4 is 16.0 Å². The summed E-state index contributed by atoms with van der Waals surface area (Å²) < 4.78 is 0. The molecule has 2 aromatic rings. The zero-order valence-corrected chi connectivity index (χ0v) is 12.1. The molecule has 104 valence electrons. The zero-order chi connectivity index (χ0) is 14.7. The van der Waals surface area contributed by atoms with Gasteiger partial charge in [0, 0.05) is 31.2 Å². The number of nitrogens with zero attached hydrogens (tertiary/aromatic N) is 1. The highest BCUT2D eigenvalue weighted by Crippen LogP contribution is 2.22. The van der Waals surface area contributed by atoms with Crippen molar-refractivity contribution in [3.63, 3.8) is 0 Å². The van der Waals surface area contributed by atoms with Gasteiger partial charge in [-0.25, -0.2) is 0 Å². The fraction of sp³-hybridized carbons (Fsp3) is 0.133. The Morgan fingerprint density at radius 3 is 2.60 bits per heavy atom. The average molecular weight is 290 g/mol. The Balaban J connectivity index is 2.21. The van der Waals surface area contributed by atoms with Gasteiger partial charge in [-0.1, -0.05) is 17.7 Å². The molecule has 0 unspecified atom stereocenters. The van der Waals surface area contributed by atoms with Crippen LogP contribution >= 0.6 is 11.6 Å². The molecule has 2 rings (SSSR count). The summed E-state index contributed by atoms with van der Waals surface area (Å²) in [6.07, 6.45) is 0. The SMILES string of the molecule is CN(C)c1cccc(NC(=O)c2ccc(N)cc2Cl)c1. The van der Waals surface area contributed by atoms with Crippen LogP contribution in [0.3, 0.4) is 0 Å². The number of halogens is 1. The Hall–Kier alpha value is -2.20. The largest absolute Gasteiger partial charge is 0.399 e. The zero-order valence-electron chi connectivity index (χ0n) is 11.4. The van der Waals surface area contributed by atoms with E-state index in [2.05, 4.69) is 5.32 Å². The predicted octanol–water partition coefficient (Wildman–Crippen LogP) is 3.24. The summed E-state index contributed by atoms with van der Waals surface area (Å²) in [5.41, 5.74) is 8.26. The number of nitrogen functional groups attached to an aromatic ring is 1. The number of anilines is 3. The minimum Gasteiger partial charge on any atom is -0.399 e. The molecule has 0 aliphatic heterocycles. The molecule has 20 heavy (non-hydrogen) atoms. The monoisotopic (exact) mass is 289 g/mol. The van der Waals surface area contributed by atoms with Crippen molar-refractivity contribution in [2.24, 2.45) is 0 Å². The van der Waals surface area contributed by atoms with E-state index in [1.54, 1.807) is 18.2 Å². The van der Waals surface area contributed by atoms with E-state index < -0.39 is 0 Å². The van der Waals surface area contributed by atoms with Gasteiger partial charge in [0.2, 0.25) is 0 Å². The highest BCUT2D eigenvalue weighted by molar-refractivity contribution is 6.34. The smallest absolute Gasteiger partial charge is 0.257 e. The standard InChI is InChI=1S/C15H16ClN3O/c1-19(2)12-5-3-4-11(9-12)18-15(20)13-7-6-10(17)8-14(13)16/h3-9H,17H2,1-2H3,(H,18,20). The second-order valence-corrected chi connectivity index (χ2v) is 5.05. The first-order valence-electron chi connectivity index (χ1n) is 6.11. The lowest BCUT2D eigenvalue weighted by molar-refractivity contribution is 0.102. The van der Waals surface area contributed by atoms with Gasteiger partial charge in [-0.2, -0.15) is 0 Å². The van der Waals surface area contributed by atoms with Gasteiger partial charge in [0.25, 0.3) is 5.91 Å². The number of hydrogen-bond acceptors (Lipinski definition) is 3. The predicted molar refractivity (Wildman–Crippen MR) is 84.6 cm³/mol. The molecule has 4 nitrogen and oxygen atoms in total. The van der Waals surface area contributed by atoms with Gasteiger partial charge in [-0.3, -0.25) is 4.79 Å². The summed E-state index contributed by atoms with van der Waals surface area (Å²) in [4.78, 5) is 14.1. The normalized spacial score (nSPS) is 10.2. The number of benzene rings is 2. The van der Waals surface area contributed by atoms with Crippen molar-refractivity contribution in [3.05, 3.63) is 53.1 Å². The van der Waals surface area contributed by atoms with Crippen LogP contribution in [0.15, 0.2) is 42.5 Å². The van der Waals surface area contributed by atoms with Crippen LogP contribution in [0.4, 0.5) is 17.1 Å². The molecule has 1 amide bonds.